The molecule has 0 radical (unpaired) electrons. The van der Waals surface area contributed by atoms with Crippen LogP contribution in [0.5, 0.6) is 0 Å². The fourth-order valence-corrected chi connectivity index (χ4v) is 4.10. The van der Waals surface area contributed by atoms with Gasteiger partial charge < -0.3 is 15.4 Å². The molecule has 1 atom stereocenters. The molecule has 0 saturated carbocycles. The molecule has 0 spiro atoms. The predicted octanol–water partition coefficient (Wildman–Crippen LogP) is 4.14. The van der Waals surface area contributed by atoms with Crippen LogP contribution in [0, 0.1) is 0 Å². The zero-order valence-corrected chi connectivity index (χ0v) is 20.0. The highest BCUT2D eigenvalue weighted by Gasteiger charge is 2.26. The van der Waals surface area contributed by atoms with Gasteiger partial charge in [-0.05, 0) is 68.8 Å². The number of benzene rings is 2. The normalized spacial score (nSPS) is 14.9. The van der Waals surface area contributed by atoms with Crippen molar-refractivity contribution in [1.29, 1.82) is 0 Å². The topological polar surface area (TPSA) is 87.7 Å². The Labute approximate surface area is 205 Å². The van der Waals surface area contributed by atoms with Crippen LogP contribution >= 0.6 is 11.6 Å². The van der Waals surface area contributed by atoms with E-state index in [1.807, 2.05) is 31.2 Å². The number of carbonyl (C=O) groups is 3. The number of para-hydroxylation sites is 1. The number of nitrogens with one attached hydrogen (secondary N) is 2. The van der Waals surface area contributed by atoms with Crippen molar-refractivity contribution in [1.82, 2.24) is 10.2 Å². The second-order valence-corrected chi connectivity index (χ2v) is 8.51. The number of esters is 1. The molecule has 0 bridgehead atoms. The van der Waals surface area contributed by atoms with Gasteiger partial charge in [0.15, 0.2) is 0 Å². The lowest BCUT2D eigenvalue weighted by Crippen LogP contribution is -2.42. The third kappa shape index (κ3) is 7.17. The first-order chi connectivity index (χ1) is 16.5. The fourth-order valence-electron chi connectivity index (χ4n) is 3.97. The van der Waals surface area contributed by atoms with Crippen molar-refractivity contribution in [3.8, 4) is 0 Å². The lowest BCUT2D eigenvalue weighted by atomic mass is 9.96. The molecular formula is C26H30ClN3O4. The number of anilines is 1. The van der Waals surface area contributed by atoms with Gasteiger partial charge in [0.05, 0.1) is 0 Å². The molecule has 1 unspecified atom stereocenters. The Morgan fingerprint density at radius 1 is 1.12 bits per heavy atom. The van der Waals surface area contributed by atoms with Gasteiger partial charge in [-0.3, -0.25) is 14.5 Å². The smallest absolute Gasteiger partial charge is 0.329 e. The highest BCUT2D eigenvalue weighted by molar-refractivity contribution is 6.30. The monoisotopic (exact) mass is 483 g/mol. The molecule has 1 heterocycles. The predicted molar refractivity (Wildman–Crippen MR) is 134 cm³/mol. The number of allylic oxidation sites excluding steroid dienone is 1. The summed E-state index contributed by atoms with van der Waals surface area (Å²) < 4.78 is 5.57. The average molecular weight is 484 g/mol. The average Bonchev–Trinajstić information content (AvgIpc) is 3.36. The third-order valence-corrected chi connectivity index (χ3v) is 6.06. The van der Waals surface area contributed by atoms with Gasteiger partial charge in [0, 0.05) is 34.8 Å². The largest absolute Gasteiger partial charge is 0.463 e. The second-order valence-electron chi connectivity index (χ2n) is 8.07. The first kappa shape index (κ1) is 25.5. The molecule has 2 amide bonds. The highest BCUT2D eigenvalue weighted by Crippen LogP contribution is 2.27. The maximum absolute atomic E-state index is 13.1. The number of carbonyl (C=O) groups excluding carboxylic acids is 3. The Hall–Kier alpha value is -3.16. The minimum absolute atomic E-state index is 0.204. The molecule has 7 nitrogen and oxygen atoms in total. The number of rotatable bonds is 11. The standard InChI is InChI=1S/C26H30ClN3O4/c1-2-19(22-7-3-4-8-23(22)28-18-31)17-24(26(33)34-16-15-30-13-5-6-14-30)29-25(32)20-9-11-21(27)12-10-20/h2-4,7-12,18,24H,5-6,13-17H2,1H3,(H,28,31)(H,29,32)/b19-2-. The van der Waals surface area contributed by atoms with Crippen molar-refractivity contribution < 1.29 is 19.1 Å². The lowest BCUT2D eigenvalue weighted by Gasteiger charge is -2.21. The number of amides is 2. The summed E-state index contributed by atoms with van der Waals surface area (Å²) in [6, 6.07) is 12.9. The Morgan fingerprint density at radius 2 is 1.82 bits per heavy atom. The number of ether oxygens (including phenoxy) is 1. The van der Waals surface area contributed by atoms with Crippen LogP contribution in [-0.2, 0) is 14.3 Å². The van der Waals surface area contributed by atoms with E-state index in [9.17, 15) is 14.4 Å². The molecule has 1 saturated heterocycles. The van der Waals surface area contributed by atoms with E-state index in [1.165, 1.54) is 0 Å². The Bertz CT molecular complexity index is 1020. The second kappa shape index (κ2) is 12.9. The van der Waals surface area contributed by atoms with Gasteiger partial charge in [0.2, 0.25) is 6.41 Å². The van der Waals surface area contributed by atoms with E-state index in [0.717, 1.165) is 37.1 Å². The molecule has 8 heteroatoms. The number of nitrogens with zero attached hydrogens (tertiary/aromatic N) is 1. The molecule has 1 aliphatic rings. The third-order valence-electron chi connectivity index (χ3n) is 5.81. The van der Waals surface area contributed by atoms with E-state index in [0.29, 0.717) is 29.2 Å². The van der Waals surface area contributed by atoms with Gasteiger partial charge in [0.25, 0.3) is 5.91 Å². The van der Waals surface area contributed by atoms with Crippen LogP contribution in [0.1, 0.15) is 42.1 Å². The van der Waals surface area contributed by atoms with E-state index in [1.54, 1.807) is 30.3 Å². The quantitative estimate of drug-likeness (QED) is 0.370. The summed E-state index contributed by atoms with van der Waals surface area (Å²) in [5, 5.41) is 6.02. The first-order valence-electron chi connectivity index (χ1n) is 11.4. The summed E-state index contributed by atoms with van der Waals surface area (Å²) in [5.74, 6) is -0.894. The van der Waals surface area contributed by atoms with E-state index in [2.05, 4.69) is 15.5 Å². The molecule has 2 aromatic carbocycles. The van der Waals surface area contributed by atoms with Crippen molar-refractivity contribution in [2.45, 2.75) is 32.2 Å². The molecule has 34 heavy (non-hydrogen) atoms. The van der Waals surface area contributed by atoms with Crippen LogP contribution in [0.15, 0.2) is 54.6 Å². The molecule has 0 aromatic heterocycles. The van der Waals surface area contributed by atoms with Crippen LogP contribution in [0.2, 0.25) is 5.02 Å². The summed E-state index contributed by atoms with van der Waals surface area (Å²) in [6.45, 7) is 4.81. The summed E-state index contributed by atoms with van der Waals surface area (Å²) in [7, 11) is 0. The highest BCUT2D eigenvalue weighted by atomic mass is 35.5. The minimum atomic E-state index is -0.905. The summed E-state index contributed by atoms with van der Waals surface area (Å²) in [5.41, 5.74) is 2.58. The number of likely N-dealkylation sites (tertiary alicyclic amines) is 1. The molecular weight excluding hydrogens is 454 g/mol. The number of halogens is 1. The minimum Gasteiger partial charge on any atom is -0.463 e. The summed E-state index contributed by atoms with van der Waals surface area (Å²) >= 11 is 5.93. The van der Waals surface area contributed by atoms with Crippen molar-refractivity contribution in [2.24, 2.45) is 0 Å². The van der Waals surface area contributed by atoms with Crippen molar-refractivity contribution in [2.75, 3.05) is 31.6 Å². The van der Waals surface area contributed by atoms with Crippen LogP contribution < -0.4 is 10.6 Å². The number of hydrogen-bond acceptors (Lipinski definition) is 5. The van der Waals surface area contributed by atoms with Crippen LogP contribution in [0.4, 0.5) is 5.69 Å². The fraction of sp³-hybridized carbons (Fsp3) is 0.346. The summed E-state index contributed by atoms with van der Waals surface area (Å²) in [6.07, 6.45) is 5.00. The van der Waals surface area contributed by atoms with Gasteiger partial charge in [-0.15, -0.1) is 0 Å². The molecule has 0 aliphatic carbocycles. The van der Waals surface area contributed by atoms with Crippen LogP contribution in [0.25, 0.3) is 5.57 Å². The maximum Gasteiger partial charge on any atom is 0.329 e. The van der Waals surface area contributed by atoms with Gasteiger partial charge >= 0.3 is 5.97 Å². The van der Waals surface area contributed by atoms with Crippen LogP contribution in [0.3, 0.4) is 0 Å². The van der Waals surface area contributed by atoms with E-state index in [-0.39, 0.29) is 13.0 Å². The lowest BCUT2D eigenvalue weighted by molar-refractivity contribution is -0.146. The molecule has 3 rings (SSSR count). The molecule has 1 fully saturated rings. The van der Waals surface area contributed by atoms with E-state index >= 15 is 0 Å². The van der Waals surface area contributed by atoms with Crippen molar-refractivity contribution >= 4 is 41.1 Å². The zero-order valence-electron chi connectivity index (χ0n) is 19.3. The molecule has 2 N–H and O–H groups in total. The van der Waals surface area contributed by atoms with E-state index in [4.69, 9.17) is 16.3 Å². The van der Waals surface area contributed by atoms with Crippen molar-refractivity contribution in [3.63, 3.8) is 0 Å². The Morgan fingerprint density at radius 3 is 2.50 bits per heavy atom. The van der Waals surface area contributed by atoms with Crippen LogP contribution in [-0.4, -0.2) is 55.5 Å². The molecule has 180 valence electrons. The molecule has 1 aliphatic heterocycles. The maximum atomic E-state index is 13.1. The Balaban J connectivity index is 1.76. The van der Waals surface area contributed by atoms with Gasteiger partial charge in [-0.1, -0.05) is 35.9 Å². The SMILES string of the molecule is C/C=C(/CC(NC(=O)c1ccc(Cl)cc1)C(=O)OCCN1CCCC1)c1ccccc1NC=O. The van der Waals surface area contributed by atoms with Gasteiger partial charge in [-0.25, -0.2) is 4.79 Å². The summed E-state index contributed by atoms with van der Waals surface area (Å²) in [4.78, 5) is 39.2. The van der Waals surface area contributed by atoms with Gasteiger partial charge in [0.1, 0.15) is 12.6 Å². The Kier molecular flexibility index (Phi) is 9.67. The van der Waals surface area contributed by atoms with E-state index < -0.39 is 17.9 Å². The molecule has 2 aromatic rings. The number of hydrogen-bond donors (Lipinski definition) is 2. The van der Waals surface area contributed by atoms with Gasteiger partial charge in [-0.2, -0.15) is 0 Å². The first-order valence-corrected chi connectivity index (χ1v) is 11.8. The van der Waals surface area contributed by atoms with Crippen molar-refractivity contribution in [3.05, 3.63) is 70.8 Å². The zero-order chi connectivity index (χ0) is 24.3.